The first kappa shape index (κ1) is 26.9. The zero-order valence-corrected chi connectivity index (χ0v) is 21.6. The SMILES string of the molecule is CC[C@@H]1C[C@](Cc2nc(Nc3cc(C)[nH]n3)cc(C)c2F)(C(=O)O)CCN1Cc1c(F)ccc(Cl)c1F. The molecule has 0 bridgehead atoms. The average Bonchev–Trinajstić information content (AvgIpc) is 3.27. The van der Waals surface area contributed by atoms with Gasteiger partial charge in [0.25, 0.3) is 0 Å². The normalized spacial score (nSPS) is 20.2. The molecule has 4 rings (SSSR count). The van der Waals surface area contributed by atoms with Crippen LogP contribution in [0.15, 0.2) is 24.3 Å². The van der Waals surface area contributed by atoms with Crippen molar-refractivity contribution in [2.45, 2.75) is 59.0 Å². The van der Waals surface area contributed by atoms with E-state index < -0.39 is 28.8 Å². The number of aromatic nitrogens is 3. The standard InChI is InChI=1S/C26H29ClF3N5O2/c1-4-16-11-26(25(36)37,7-8-35(16)13-17-19(28)6-5-18(27)24(17)30)12-20-23(29)14(2)9-21(31-20)32-22-10-15(3)33-34-22/h5-6,9-10,16H,4,7-8,11-13H2,1-3H3,(H,36,37)(H2,31,32,33,34)/t16-,26-/m1/s1. The fourth-order valence-electron chi connectivity index (χ4n) is 5.02. The van der Waals surface area contributed by atoms with Gasteiger partial charge in [-0.15, -0.1) is 0 Å². The molecule has 1 fully saturated rings. The molecule has 1 aromatic carbocycles. The van der Waals surface area contributed by atoms with E-state index in [0.29, 0.717) is 23.6 Å². The van der Waals surface area contributed by atoms with Crippen LogP contribution in [0.2, 0.25) is 5.02 Å². The molecule has 0 unspecified atom stereocenters. The lowest BCUT2D eigenvalue weighted by Crippen LogP contribution is -2.50. The summed E-state index contributed by atoms with van der Waals surface area (Å²) in [7, 11) is 0. The molecule has 1 aliphatic rings. The van der Waals surface area contributed by atoms with Crippen molar-refractivity contribution in [2.75, 3.05) is 11.9 Å². The maximum atomic E-state index is 15.2. The lowest BCUT2D eigenvalue weighted by Gasteiger charge is -2.44. The van der Waals surface area contributed by atoms with Gasteiger partial charge in [-0.05, 0) is 63.4 Å². The Morgan fingerprint density at radius 2 is 2.00 bits per heavy atom. The highest BCUT2D eigenvalue weighted by Crippen LogP contribution is 2.41. The molecular formula is C26H29ClF3N5O2. The number of pyridine rings is 1. The number of piperidine rings is 1. The van der Waals surface area contributed by atoms with Crippen LogP contribution in [0.4, 0.5) is 24.8 Å². The number of carbonyl (C=O) groups is 1. The van der Waals surface area contributed by atoms with Gasteiger partial charge in [-0.1, -0.05) is 18.5 Å². The van der Waals surface area contributed by atoms with E-state index in [1.54, 1.807) is 19.1 Å². The highest BCUT2D eigenvalue weighted by atomic mass is 35.5. The van der Waals surface area contributed by atoms with Gasteiger partial charge in [0.2, 0.25) is 0 Å². The highest BCUT2D eigenvalue weighted by Gasteiger charge is 2.46. The second-order valence-corrected chi connectivity index (χ2v) is 10.1. The molecule has 0 saturated carbocycles. The van der Waals surface area contributed by atoms with Crippen LogP contribution in [0.1, 0.15) is 48.7 Å². The van der Waals surface area contributed by atoms with Crippen LogP contribution >= 0.6 is 11.6 Å². The number of H-pyrrole nitrogens is 1. The van der Waals surface area contributed by atoms with Gasteiger partial charge in [-0.2, -0.15) is 5.10 Å². The molecular weight excluding hydrogens is 507 g/mol. The second kappa shape index (κ2) is 10.7. The minimum atomic E-state index is -1.29. The predicted molar refractivity (Wildman–Crippen MR) is 134 cm³/mol. The first-order valence-electron chi connectivity index (χ1n) is 12.1. The van der Waals surface area contributed by atoms with Crippen LogP contribution in [0.25, 0.3) is 0 Å². The Morgan fingerprint density at radius 1 is 1.24 bits per heavy atom. The number of rotatable bonds is 8. The summed E-state index contributed by atoms with van der Waals surface area (Å²) in [4.78, 5) is 18.9. The van der Waals surface area contributed by atoms with Crippen molar-refractivity contribution in [1.29, 1.82) is 0 Å². The van der Waals surface area contributed by atoms with Crippen molar-refractivity contribution in [3.8, 4) is 0 Å². The highest BCUT2D eigenvalue weighted by molar-refractivity contribution is 6.30. The Balaban J connectivity index is 1.59. The number of benzene rings is 1. The third-order valence-electron chi connectivity index (χ3n) is 7.12. The Kier molecular flexibility index (Phi) is 7.80. The molecule has 2 aromatic heterocycles. The minimum absolute atomic E-state index is 0.0410. The van der Waals surface area contributed by atoms with Gasteiger partial charge >= 0.3 is 5.97 Å². The van der Waals surface area contributed by atoms with Gasteiger partial charge in [0.1, 0.15) is 23.3 Å². The number of aromatic amines is 1. The molecule has 11 heteroatoms. The minimum Gasteiger partial charge on any atom is -0.481 e. The molecule has 3 N–H and O–H groups in total. The Bertz CT molecular complexity index is 1320. The summed E-state index contributed by atoms with van der Waals surface area (Å²) in [5.74, 6) is -2.25. The largest absolute Gasteiger partial charge is 0.481 e. The summed E-state index contributed by atoms with van der Waals surface area (Å²) >= 11 is 5.85. The molecule has 2 atom stereocenters. The second-order valence-electron chi connectivity index (χ2n) is 9.72. The average molecular weight is 536 g/mol. The number of nitrogens with one attached hydrogen (secondary N) is 2. The van der Waals surface area contributed by atoms with Crippen molar-refractivity contribution < 1.29 is 23.1 Å². The van der Waals surface area contributed by atoms with Crippen LogP contribution in [0, 0.1) is 36.7 Å². The number of halogens is 4. The van der Waals surface area contributed by atoms with Gasteiger partial charge in [0, 0.05) is 36.3 Å². The van der Waals surface area contributed by atoms with Gasteiger partial charge in [0.15, 0.2) is 5.82 Å². The smallest absolute Gasteiger partial charge is 0.310 e. The van der Waals surface area contributed by atoms with E-state index in [-0.39, 0.29) is 54.7 Å². The van der Waals surface area contributed by atoms with E-state index >= 15 is 4.39 Å². The summed E-state index contributed by atoms with van der Waals surface area (Å²) in [5.41, 5.74) is -0.223. The zero-order valence-electron chi connectivity index (χ0n) is 20.8. The third kappa shape index (κ3) is 5.60. The van der Waals surface area contributed by atoms with Crippen LogP contribution in [0.3, 0.4) is 0 Å². The number of aryl methyl sites for hydroxylation is 2. The molecule has 0 radical (unpaired) electrons. The first-order chi connectivity index (χ1) is 17.5. The first-order valence-corrected chi connectivity index (χ1v) is 12.5. The van der Waals surface area contributed by atoms with Crippen molar-refractivity contribution in [3.63, 3.8) is 0 Å². The van der Waals surface area contributed by atoms with E-state index in [9.17, 15) is 18.7 Å². The van der Waals surface area contributed by atoms with Crippen molar-refractivity contribution in [3.05, 3.63) is 69.3 Å². The quantitative estimate of drug-likeness (QED) is 0.310. The summed E-state index contributed by atoms with van der Waals surface area (Å²) in [6.07, 6.45) is 0.778. The van der Waals surface area contributed by atoms with E-state index in [1.165, 1.54) is 6.07 Å². The number of anilines is 2. The zero-order chi connectivity index (χ0) is 26.9. The predicted octanol–water partition coefficient (Wildman–Crippen LogP) is 5.92. The number of hydrogen-bond donors (Lipinski definition) is 3. The number of nitrogens with zero attached hydrogens (tertiary/aromatic N) is 3. The van der Waals surface area contributed by atoms with Crippen molar-refractivity contribution in [2.24, 2.45) is 5.41 Å². The number of aliphatic carboxylic acids is 1. The maximum absolute atomic E-state index is 15.2. The van der Waals surface area contributed by atoms with Crippen LogP contribution in [0.5, 0.6) is 0 Å². The van der Waals surface area contributed by atoms with Gasteiger partial charge in [-0.3, -0.25) is 14.8 Å². The van der Waals surface area contributed by atoms with Gasteiger partial charge < -0.3 is 10.4 Å². The molecule has 37 heavy (non-hydrogen) atoms. The number of carboxylic acid groups (broad SMARTS) is 1. The van der Waals surface area contributed by atoms with E-state index in [1.807, 2.05) is 18.7 Å². The Morgan fingerprint density at radius 3 is 2.65 bits per heavy atom. The van der Waals surface area contributed by atoms with Crippen LogP contribution < -0.4 is 5.32 Å². The molecule has 7 nitrogen and oxygen atoms in total. The molecule has 3 heterocycles. The lowest BCUT2D eigenvalue weighted by molar-refractivity contribution is -0.154. The fraction of sp³-hybridized carbons (Fsp3) is 0.423. The third-order valence-corrected chi connectivity index (χ3v) is 7.41. The van der Waals surface area contributed by atoms with Crippen LogP contribution in [-0.2, 0) is 17.8 Å². The van der Waals surface area contributed by atoms with E-state index in [2.05, 4.69) is 20.5 Å². The number of likely N-dealkylation sites (tertiary alicyclic amines) is 1. The molecule has 198 valence electrons. The molecule has 0 aliphatic carbocycles. The summed E-state index contributed by atoms with van der Waals surface area (Å²) in [5, 5.41) is 20.1. The summed E-state index contributed by atoms with van der Waals surface area (Å²) < 4.78 is 44.1. The molecule has 1 aliphatic heterocycles. The Hall–Kier alpha value is -3.11. The fourth-order valence-corrected chi connectivity index (χ4v) is 5.20. The Labute approximate surface area is 218 Å². The van der Waals surface area contributed by atoms with E-state index in [4.69, 9.17) is 11.6 Å². The molecule has 0 amide bonds. The lowest BCUT2D eigenvalue weighted by atomic mass is 9.71. The number of carboxylic acids is 1. The number of hydrogen-bond acceptors (Lipinski definition) is 5. The molecule has 3 aromatic rings. The summed E-state index contributed by atoms with van der Waals surface area (Å²) in [6.45, 7) is 5.55. The summed E-state index contributed by atoms with van der Waals surface area (Å²) in [6, 6.07) is 5.31. The molecule has 0 spiro atoms. The van der Waals surface area contributed by atoms with Crippen molar-refractivity contribution in [1.82, 2.24) is 20.1 Å². The molecule has 1 saturated heterocycles. The van der Waals surface area contributed by atoms with Crippen LogP contribution in [-0.4, -0.2) is 43.7 Å². The maximum Gasteiger partial charge on any atom is 0.310 e. The van der Waals surface area contributed by atoms with Crippen molar-refractivity contribution >= 4 is 29.2 Å². The monoisotopic (exact) mass is 535 g/mol. The van der Waals surface area contributed by atoms with Gasteiger partial charge in [0.05, 0.1) is 16.1 Å². The van der Waals surface area contributed by atoms with Gasteiger partial charge in [-0.25, -0.2) is 18.2 Å². The topological polar surface area (TPSA) is 94.1 Å². The van der Waals surface area contributed by atoms with E-state index in [0.717, 1.165) is 11.8 Å².